The van der Waals surface area contributed by atoms with Crippen molar-refractivity contribution in [3.8, 4) is 0 Å². The van der Waals surface area contributed by atoms with Crippen LogP contribution in [0.15, 0.2) is 57.7 Å². The fourth-order valence-electron chi connectivity index (χ4n) is 3.44. The summed E-state index contributed by atoms with van der Waals surface area (Å²) >= 11 is 0. The molecule has 1 saturated heterocycles. The minimum absolute atomic E-state index is 0.0483. The second-order valence-corrected chi connectivity index (χ2v) is 6.99. The standard InChI is InChI=1S/C21H24N4O3/c26-21(18-8-4-15-27-18)25-12-5-11-24(13-14-25)16-20-22-19(23-28-20)10-9-17-6-2-1-3-7-17/h1-4,6-8,15H,5,9-14,16H2. The summed E-state index contributed by atoms with van der Waals surface area (Å²) in [4.78, 5) is 21.1. The molecule has 0 N–H and O–H groups in total. The van der Waals surface area contributed by atoms with E-state index in [-0.39, 0.29) is 5.91 Å². The number of nitrogens with zero attached hydrogens (tertiary/aromatic N) is 4. The van der Waals surface area contributed by atoms with Gasteiger partial charge in [-0.2, -0.15) is 4.98 Å². The molecule has 3 heterocycles. The normalized spacial score (nSPS) is 15.5. The first-order valence-corrected chi connectivity index (χ1v) is 9.68. The van der Waals surface area contributed by atoms with Crippen LogP contribution in [0.3, 0.4) is 0 Å². The smallest absolute Gasteiger partial charge is 0.289 e. The number of benzene rings is 1. The van der Waals surface area contributed by atoms with Gasteiger partial charge in [0.2, 0.25) is 5.89 Å². The molecular formula is C21H24N4O3. The Bertz CT molecular complexity index is 876. The number of carbonyl (C=O) groups excluding carboxylic acids is 1. The number of aryl methyl sites for hydroxylation is 2. The topological polar surface area (TPSA) is 75.6 Å². The third kappa shape index (κ3) is 4.67. The van der Waals surface area contributed by atoms with Crippen molar-refractivity contribution in [1.29, 1.82) is 0 Å². The highest BCUT2D eigenvalue weighted by Gasteiger charge is 2.22. The number of hydrogen-bond acceptors (Lipinski definition) is 6. The molecule has 1 amide bonds. The summed E-state index contributed by atoms with van der Waals surface area (Å²) in [6, 6.07) is 13.7. The summed E-state index contributed by atoms with van der Waals surface area (Å²) in [5.74, 6) is 1.72. The van der Waals surface area contributed by atoms with Crippen LogP contribution in [0, 0.1) is 0 Å². The summed E-state index contributed by atoms with van der Waals surface area (Å²) in [5.41, 5.74) is 1.27. The Morgan fingerprint density at radius 2 is 1.89 bits per heavy atom. The van der Waals surface area contributed by atoms with Gasteiger partial charge in [-0.1, -0.05) is 35.5 Å². The van der Waals surface area contributed by atoms with Gasteiger partial charge < -0.3 is 13.8 Å². The van der Waals surface area contributed by atoms with Crippen molar-refractivity contribution in [3.05, 3.63) is 71.8 Å². The zero-order valence-corrected chi connectivity index (χ0v) is 15.8. The minimum Gasteiger partial charge on any atom is -0.459 e. The predicted molar refractivity (Wildman–Crippen MR) is 103 cm³/mol. The van der Waals surface area contributed by atoms with E-state index in [1.54, 1.807) is 12.1 Å². The molecule has 1 aliphatic rings. The lowest BCUT2D eigenvalue weighted by Crippen LogP contribution is -2.34. The highest BCUT2D eigenvalue weighted by atomic mass is 16.5. The Labute approximate surface area is 163 Å². The van der Waals surface area contributed by atoms with Crippen LogP contribution >= 0.6 is 0 Å². The summed E-state index contributed by atoms with van der Waals surface area (Å²) in [6.07, 6.45) is 4.09. The van der Waals surface area contributed by atoms with Gasteiger partial charge in [0.1, 0.15) is 0 Å². The second-order valence-electron chi connectivity index (χ2n) is 6.99. The Morgan fingerprint density at radius 3 is 2.71 bits per heavy atom. The van der Waals surface area contributed by atoms with Gasteiger partial charge in [0.25, 0.3) is 5.91 Å². The zero-order chi connectivity index (χ0) is 19.2. The average molecular weight is 380 g/mol. The van der Waals surface area contributed by atoms with Crippen LogP contribution < -0.4 is 0 Å². The van der Waals surface area contributed by atoms with E-state index in [4.69, 9.17) is 8.94 Å². The van der Waals surface area contributed by atoms with Crippen LogP contribution in [0.4, 0.5) is 0 Å². The van der Waals surface area contributed by atoms with E-state index in [9.17, 15) is 4.79 Å². The van der Waals surface area contributed by atoms with Crippen LogP contribution in [0.5, 0.6) is 0 Å². The van der Waals surface area contributed by atoms with E-state index in [1.807, 2.05) is 23.1 Å². The fraction of sp³-hybridized carbons (Fsp3) is 0.381. The van der Waals surface area contributed by atoms with Crippen molar-refractivity contribution < 1.29 is 13.7 Å². The quantitative estimate of drug-likeness (QED) is 0.655. The van der Waals surface area contributed by atoms with Gasteiger partial charge in [-0.05, 0) is 30.5 Å². The summed E-state index contributed by atoms with van der Waals surface area (Å²) in [6.45, 7) is 3.66. The van der Waals surface area contributed by atoms with Crippen molar-refractivity contribution in [2.75, 3.05) is 26.2 Å². The van der Waals surface area contributed by atoms with Gasteiger partial charge in [-0.15, -0.1) is 0 Å². The fourth-order valence-corrected chi connectivity index (χ4v) is 3.44. The van der Waals surface area contributed by atoms with E-state index in [2.05, 4.69) is 27.2 Å². The molecule has 1 fully saturated rings. The predicted octanol–water partition coefficient (Wildman–Crippen LogP) is 2.80. The van der Waals surface area contributed by atoms with Crippen molar-refractivity contribution in [2.24, 2.45) is 0 Å². The van der Waals surface area contributed by atoms with Crippen LogP contribution in [-0.2, 0) is 19.4 Å². The molecule has 0 bridgehead atoms. The molecule has 3 aromatic rings. The van der Waals surface area contributed by atoms with Crippen molar-refractivity contribution >= 4 is 5.91 Å². The van der Waals surface area contributed by atoms with Crippen molar-refractivity contribution in [3.63, 3.8) is 0 Å². The summed E-state index contributed by atoms with van der Waals surface area (Å²) in [5, 5.41) is 4.11. The first-order valence-electron chi connectivity index (χ1n) is 9.68. The lowest BCUT2D eigenvalue weighted by molar-refractivity contribution is 0.0728. The first kappa shape index (κ1) is 18.4. The molecule has 4 rings (SSSR count). The summed E-state index contributed by atoms with van der Waals surface area (Å²) < 4.78 is 10.7. The molecule has 0 radical (unpaired) electrons. The molecule has 7 heteroatoms. The molecule has 0 spiro atoms. The lowest BCUT2D eigenvalue weighted by Gasteiger charge is -2.20. The number of furan rings is 1. The highest BCUT2D eigenvalue weighted by molar-refractivity contribution is 5.91. The molecule has 0 unspecified atom stereocenters. The number of aromatic nitrogens is 2. The number of rotatable bonds is 6. The number of amides is 1. The largest absolute Gasteiger partial charge is 0.459 e. The summed E-state index contributed by atoms with van der Waals surface area (Å²) in [7, 11) is 0. The van der Waals surface area contributed by atoms with Crippen molar-refractivity contribution in [1.82, 2.24) is 19.9 Å². The monoisotopic (exact) mass is 380 g/mol. The Kier molecular flexibility index (Phi) is 5.82. The van der Waals surface area contributed by atoms with Gasteiger partial charge in [0.05, 0.1) is 12.8 Å². The molecule has 0 saturated carbocycles. The van der Waals surface area contributed by atoms with Gasteiger partial charge in [0.15, 0.2) is 11.6 Å². The Hall–Kier alpha value is -2.93. The van der Waals surface area contributed by atoms with Crippen LogP contribution in [0.25, 0.3) is 0 Å². The SMILES string of the molecule is O=C(c1ccco1)N1CCCN(Cc2nc(CCc3ccccc3)no2)CC1. The maximum atomic E-state index is 12.4. The van der Waals surface area contributed by atoms with E-state index >= 15 is 0 Å². The Balaban J connectivity index is 1.28. The van der Waals surface area contributed by atoms with Crippen LogP contribution in [0.1, 0.15) is 34.3 Å². The van der Waals surface area contributed by atoms with Gasteiger partial charge in [-0.3, -0.25) is 9.69 Å². The molecule has 28 heavy (non-hydrogen) atoms. The maximum absolute atomic E-state index is 12.4. The lowest BCUT2D eigenvalue weighted by atomic mass is 10.1. The van der Waals surface area contributed by atoms with Crippen LogP contribution in [0.2, 0.25) is 0 Å². The van der Waals surface area contributed by atoms with Crippen LogP contribution in [-0.4, -0.2) is 52.0 Å². The molecule has 1 aromatic carbocycles. The average Bonchev–Trinajstić information content (AvgIpc) is 3.36. The Morgan fingerprint density at radius 1 is 1.00 bits per heavy atom. The van der Waals surface area contributed by atoms with E-state index in [0.717, 1.165) is 44.7 Å². The number of hydrogen-bond donors (Lipinski definition) is 0. The highest BCUT2D eigenvalue weighted by Crippen LogP contribution is 2.12. The second kappa shape index (κ2) is 8.84. The molecular weight excluding hydrogens is 356 g/mol. The maximum Gasteiger partial charge on any atom is 0.289 e. The van der Waals surface area contributed by atoms with E-state index in [1.165, 1.54) is 11.8 Å². The zero-order valence-electron chi connectivity index (χ0n) is 15.8. The first-order chi connectivity index (χ1) is 13.8. The van der Waals surface area contributed by atoms with Gasteiger partial charge >= 0.3 is 0 Å². The third-order valence-corrected chi connectivity index (χ3v) is 4.96. The molecule has 146 valence electrons. The number of carbonyl (C=O) groups is 1. The van der Waals surface area contributed by atoms with E-state index in [0.29, 0.717) is 24.7 Å². The van der Waals surface area contributed by atoms with Crippen molar-refractivity contribution in [2.45, 2.75) is 25.8 Å². The van der Waals surface area contributed by atoms with E-state index < -0.39 is 0 Å². The third-order valence-electron chi connectivity index (χ3n) is 4.96. The molecule has 1 aliphatic heterocycles. The van der Waals surface area contributed by atoms with Gasteiger partial charge in [0, 0.05) is 32.6 Å². The molecule has 2 aromatic heterocycles. The molecule has 0 aliphatic carbocycles. The molecule has 7 nitrogen and oxygen atoms in total. The molecule has 0 atom stereocenters. The minimum atomic E-state index is -0.0483. The van der Waals surface area contributed by atoms with Gasteiger partial charge in [-0.25, -0.2) is 0 Å².